The van der Waals surface area contributed by atoms with Gasteiger partial charge in [0.1, 0.15) is 28.4 Å². The lowest BCUT2D eigenvalue weighted by Gasteiger charge is -2.18. The Balaban J connectivity index is 0.000000343. The minimum absolute atomic E-state index is 0.00844. The Morgan fingerprint density at radius 2 is 1.52 bits per heavy atom. The smallest absolute Gasteiger partial charge is 0.418 e. The molecule has 0 amide bonds. The fourth-order valence-corrected chi connectivity index (χ4v) is 5.89. The van der Waals surface area contributed by atoms with Crippen molar-refractivity contribution >= 4 is 22.1 Å². The van der Waals surface area contributed by atoms with E-state index >= 15 is 0 Å². The summed E-state index contributed by atoms with van der Waals surface area (Å²) in [4.78, 5) is 8.86. The molecule has 6 aromatic rings. The SMILES string of the molecule is CCn1cnc2ccccc21.COCCn1c(-c2ccc(C(C)C)cc2)nc2c(C(F)(F)F)c(Cc3ccccc3OC)cc(OC)c21. The number of fused-ring (bicyclic) bond motifs is 2. The van der Waals surface area contributed by atoms with E-state index in [-0.39, 0.29) is 17.5 Å². The first-order valence-corrected chi connectivity index (χ1v) is 15.9. The zero-order valence-electron chi connectivity index (χ0n) is 28.1. The second-order valence-electron chi connectivity index (χ2n) is 11.7. The summed E-state index contributed by atoms with van der Waals surface area (Å²) in [6.45, 7) is 7.90. The maximum absolute atomic E-state index is 14.7. The molecular weight excluding hydrogens is 617 g/mol. The maximum atomic E-state index is 14.7. The number of rotatable bonds is 10. The number of halogens is 3. The number of alkyl halides is 3. The van der Waals surface area contributed by atoms with Crippen molar-refractivity contribution in [3.8, 4) is 22.9 Å². The third kappa shape index (κ3) is 7.18. The van der Waals surface area contributed by atoms with Gasteiger partial charge in [-0.05, 0) is 53.8 Å². The van der Waals surface area contributed by atoms with Crippen LogP contribution in [0.3, 0.4) is 0 Å². The summed E-state index contributed by atoms with van der Waals surface area (Å²) in [6.07, 6.45) is -2.75. The number of para-hydroxylation sites is 3. The van der Waals surface area contributed by atoms with E-state index in [1.54, 1.807) is 35.9 Å². The number of hydrogen-bond acceptors (Lipinski definition) is 5. The van der Waals surface area contributed by atoms with Gasteiger partial charge in [0, 0.05) is 32.2 Å². The molecule has 6 rings (SSSR count). The van der Waals surface area contributed by atoms with E-state index in [2.05, 4.69) is 41.4 Å². The van der Waals surface area contributed by atoms with Gasteiger partial charge >= 0.3 is 6.18 Å². The first-order valence-electron chi connectivity index (χ1n) is 15.9. The minimum Gasteiger partial charge on any atom is -0.496 e. The Bertz CT molecular complexity index is 1980. The van der Waals surface area contributed by atoms with Gasteiger partial charge < -0.3 is 23.3 Å². The predicted octanol–water partition coefficient (Wildman–Crippen LogP) is 9.16. The molecule has 0 fully saturated rings. The Hall–Kier alpha value is -4.83. The van der Waals surface area contributed by atoms with Crippen molar-refractivity contribution < 1.29 is 27.4 Å². The number of ether oxygens (including phenoxy) is 3. The molecule has 2 aromatic heterocycles. The van der Waals surface area contributed by atoms with Crippen LogP contribution in [0.1, 0.15) is 48.9 Å². The second kappa shape index (κ2) is 14.9. The molecule has 7 nitrogen and oxygen atoms in total. The molecule has 0 spiro atoms. The third-order valence-corrected chi connectivity index (χ3v) is 8.36. The number of benzene rings is 4. The Morgan fingerprint density at radius 1 is 0.833 bits per heavy atom. The quantitative estimate of drug-likeness (QED) is 0.147. The number of aryl methyl sites for hydroxylation is 1. The van der Waals surface area contributed by atoms with Crippen molar-refractivity contribution in [3.63, 3.8) is 0 Å². The van der Waals surface area contributed by atoms with Gasteiger partial charge in [-0.15, -0.1) is 0 Å². The van der Waals surface area contributed by atoms with E-state index in [1.807, 2.05) is 48.8 Å². The molecule has 2 heterocycles. The lowest BCUT2D eigenvalue weighted by Crippen LogP contribution is -2.12. The van der Waals surface area contributed by atoms with E-state index in [1.165, 1.54) is 25.8 Å². The van der Waals surface area contributed by atoms with Crippen molar-refractivity contribution in [3.05, 3.63) is 107 Å². The highest BCUT2D eigenvalue weighted by molar-refractivity contribution is 5.90. The largest absolute Gasteiger partial charge is 0.496 e. The number of aromatic nitrogens is 4. The second-order valence-corrected chi connectivity index (χ2v) is 11.7. The molecule has 4 aromatic carbocycles. The van der Waals surface area contributed by atoms with E-state index in [0.29, 0.717) is 47.5 Å². The highest BCUT2D eigenvalue weighted by Gasteiger charge is 2.39. The van der Waals surface area contributed by atoms with Crippen LogP contribution < -0.4 is 9.47 Å². The number of nitrogens with zero attached hydrogens (tertiary/aromatic N) is 4. The van der Waals surface area contributed by atoms with Crippen molar-refractivity contribution in [1.82, 2.24) is 19.1 Å². The van der Waals surface area contributed by atoms with Gasteiger partial charge in [-0.3, -0.25) is 0 Å². The lowest BCUT2D eigenvalue weighted by atomic mass is 9.97. The van der Waals surface area contributed by atoms with Crippen LogP contribution in [0.2, 0.25) is 0 Å². The van der Waals surface area contributed by atoms with Gasteiger partial charge in [0.2, 0.25) is 0 Å². The molecule has 0 unspecified atom stereocenters. The molecule has 0 atom stereocenters. The Kier molecular flexibility index (Phi) is 10.7. The van der Waals surface area contributed by atoms with Gasteiger partial charge in [-0.25, -0.2) is 9.97 Å². The molecule has 10 heteroatoms. The van der Waals surface area contributed by atoms with Crippen LogP contribution in [0.25, 0.3) is 33.5 Å². The zero-order chi connectivity index (χ0) is 34.4. The molecule has 252 valence electrons. The van der Waals surface area contributed by atoms with Crippen LogP contribution >= 0.6 is 0 Å². The van der Waals surface area contributed by atoms with Crippen LogP contribution in [-0.2, 0) is 30.4 Å². The molecule has 48 heavy (non-hydrogen) atoms. The van der Waals surface area contributed by atoms with E-state index in [9.17, 15) is 13.2 Å². The third-order valence-electron chi connectivity index (χ3n) is 8.36. The topological polar surface area (TPSA) is 63.3 Å². The van der Waals surface area contributed by atoms with Crippen LogP contribution in [0, 0.1) is 0 Å². The molecule has 0 N–H and O–H groups in total. The fourth-order valence-electron chi connectivity index (χ4n) is 5.89. The van der Waals surface area contributed by atoms with Crippen LogP contribution in [0.4, 0.5) is 13.2 Å². The number of imidazole rings is 2. The molecule has 0 aliphatic carbocycles. The Labute approximate surface area is 278 Å². The molecule has 0 saturated heterocycles. The van der Waals surface area contributed by atoms with Gasteiger partial charge in [-0.2, -0.15) is 13.2 Å². The molecule has 0 aliphatic rings. The van der Waals surface area contributed by atoms with Crippen LogP contribution in [0.5, 0.6) is 11.5 Å². The minimum atomic E-state index is -4.64. The molecular formula is C38H41F3N4O3. The average Bonchev–Trinajstić information content (AvgIpc) is 3.68. The van der Waals surface area contributed by atoms with Crippen molar-refractivity contribution in [2.45, 2.75) is 52.4 Å². The summed E-state index contributed by atoms with van der Waals surface area (Å²) in [5, 5.41) is 0. The highest BCUT2D eigenvalue weighted by Crippen LogP contribution is 2.44. The van der Waals surface area contributed by atoms with Crippen LogP contribution in [-0.4, -0.2) is 47.0 Å². The first kappa shape index (κ1) is 34.5. The van der Waals surface area contributed by atoms with Gasteiger partial charge in [0.25, 0.3) is 0 Å². The monoisotopic (exact) mass is 658 g/mol. The molecule has 0 bridgehead atoms. The molecule has 0 saturated carbocycles. The van der Waals surface area contributed by atoms with Crippen molar-refractivity contribution in [2.75, 3.05) is 27.9 Å². The first-order chi connectivity index (χ1) is 23.1. The zero-order valence-corrected chi connectivity index (χ0v) is 28.1. The van der Waals surface area contributed by atoms with Crippen LogP contribution in [0.15, 0.2) is 85.2 Å². The summed E-state index contributed by atoms with van der Waals surface area (Å²) in [7, 11) is 4.52. The van der Waals surface area contributed by atoms with Crippen molar-refractivity contribution in [1.29, 1.82) is 0 Å². The van der Waals surface area contributed by atoms with Gasteiger partial charge in [0.05, 0.1) is 43.8 Å². The summed E-state index contributed by atoms with van der Waals surface area (Å²) in [5.74, 6) is 1.60. The van der Waals surface area contributed by atoms with E-state index < -0.39 is 11.7 Å². The predicted molar refractivity (Wildman–Crippen MR) is 184 cm³/mol. The normalized spacial score (nSPS) is 11.6. The Morgan fingerprint density at radius 3 is 2.17 bits per heavy atom. The van der Waals surface area contributed by atoms with Gasteiger partial charge in [-0.1, -0.05) is 68.4 Å². The van der Waals surface area contributed by atoms with Gasteiger partial charge in [0.15, 0.2) is 0 Å². The van der Waals surface area contributed by atoms with Crippen molar-refractivity contribution in [2.24, 2.45) is 0 Å². The summed E-state index contributed by atoms with van der Waals surface area (Å²) in [6, 6.07) is 24.4. The maximum Gasteiger partial charge on any atom is 0.418 e. The van der Waals surface area contributed by atoms with E-state index in [0.717, 1.165) is 23.2 Å². The summed E-state index contributed by atoms with van der Waals surface area (Å²) in [5.41, 5.74) is 4.23. The standard InChI is InChI=1S/C29H31F3N2O3.C9H10N2/c1-18(2)19-10-12-20(13-11-19)28-33-26-25(29(30,31)32)22(16-21-8-6-7-9-23(21)36-4)17-24(37-5)27(26)34(28)14-15-35-3;1-2-11-7-10-8-5-3-4-6-9(8)11/h6-13,17-18H,14-16H2,1-5H3;3-7H,2H2,1H3. The number of hydrogen-bond donors (Lipinski definition) is 0. The average molecular weight is 659 g/mol. The molecule has 0 radical (unpaired) electrons. The lowest BCUT2D eigenvalue weighted by molar-refractivity contribution is -0.137. The summed E-state index contributed by atoms with van der Waals surface area (Å²) >= 11 is 0. The number of methoxy groups -OCH3 is 3. The summed E-state index contributed by atoms with van der Waals surface area (Å²) < 4.78 is 64.3. The fraction of sp³-hybridized carbons (Fsp3) is 0.316. The highest BCUT2D eigenvalue weighted by atomic mass is 19.4. The molecule has 0 aliphatic heterocycles. The van der Waals surface area contributed by atoms with E-state index in [4.69, 9.17) is 14.2 Å².